The molecule has 0 aromatic rings. The highest BCUT2D eigenvalue weighted by Crippen LogP contribution is 2.36. The van der Waals surface area contributed by atoms with Gasteiger partial charge in [-0.2, -0.15) is 0 Å². The SMILES string of the molecule is C[Si]1(C)CC[Si](C)(C)N1CC(=O)O. The van der Waals surface area contributed by atoms with Crippen LogP contribution in [0, 0.1) is 0 Å². The number of nitrogens with zero attached hydrogens (tertiary/aromatic N) is 1. The summed E-state index contributed by atoms with van der Waals surface area (Å²) in [5.74, 6) is -0.664. The van der Waals surface area contributed by atoms with E-state index in [1.807, 2.05) is 0 Å². The van der Waals surface area contributed by atoms with Gasteiger partial charge in [-0.25, -0.2) is 0 Å². The molecule has 0 bridgehead atoms. The predicted octanol–water partition coefficient (Wildman–Crippen LogP) is 1.80. The maximum absolute atomic E-state index is 10.7. The predicted molar refractivity (Wildman–Crippen MR) is 58.9 cm³/mol. The number of carboxylic acids is 1. The molecule has 1 fully saturated rings. The first-order valence-corrected chi connectivity index (χ1v) is 11.1. The average Bonchev–Trinajstić information content (AvgIpc) is 2.12. The lowest BCUT2D eigenvalue weighted by Gasteiger charge is -2.37. The molecule has 0 radical (unpaired) electrons. The molecule has 0 aromatic carbocycles. The van der Waals surface area contributed by atoms with Gasteiger partial charge in [0.15, 0.2) is 0 Å². The molecule has 0 saturated carbocycles. The van der Waals surface area contributed by atoms with Gasteiger partial charge in [0.25, 0.3) is 0 Å². The van der Waals surface area contributed by atoms with Gasteiger partial charge in [-0.3, -0.25) is 4.79 Å². The van der Waals surface area contributed by atoms with Gasteiger partial charge in [-0.05, 0) is 12.1 Å². The van der Waals surface area contributed by atoms with Crippen molar-refractivity contribution in [1.82, 2.24) is 4.23 Å². The normalized spacial score (nSPS) is 26.2. The zero-order valence-electron chi connectivity index (χ0n) is 8.92. The fraction of sp³-hybridized carbons (Fsp3) is 0.875. The molecule has 0 aliphatic carbocycles. The maximum Gasteiger partial charge on any atom is 0.316 e. The van der Waals surface area contributed by atoms with Crippen molar-refractivity contribution in [2.45, 2.75) is 38.3 Å². The summed E-state index contributed by atoms with van der Waals surface area (Å²) in [5.41, 5.74) is 0. The maximum atomic E-state index is 10.7. The van der Waals surface area contributed by atoms with Crippen molar-refractivity contribution in [2.24, 2.45) is 0 Å². The molecule has 76 valence electrons. The van der Waals surface area contributed by atoms with E-state index in [0.717, 1.165) is 0 Å². The molecule has 1 N–H and O–H groups in total. The van der Waals surface area contributed by atoms with E-state index in [0.29, 0.717) is 0 Å². The lowest BCUT2D eigenvalue weighted by Crippen LogP contribution is -2.56. The van der Waals surface area contributed by atoms with E-state index in [4.69, 9.17) is 5.11 Å². The zero-order valence-corrected chi connectivity index (χ0v) is 10.9. The molecule has 0 amide bonds. The Kier molecular flexibility index (Phi) is 2.71. The van der Waals surface area contributed by atoms with Crippen LogP contribution in [0.2, 0.25) is 38.3 Å². The average molecular weight is 217 g/mol. The molecule has 5 heteroatoms. The summed E-state index contributed by atoms with van der Waals surface area (Å²) in [7, 11) is -2.71. The molecule has 1 heterocycles. The van der Waals surface area contributed by atoms with Crippen molar-refractivity contribution in [3.05, 3.63) is 0 Å². The third-order valence-corrected chi connectivity index (χ3v) is 13.4. The minimum atomic E-state index is -1.35. The summed E-state index contributed by atoms with van der Waals surface area (Å²) in [5, 5.41) is 8.84. The molecule has 0 atom stereocenters. The van der Waals surface area contributed by atoms with E-state index in [1.54, 1.807) is 0 Å². The van der Waals surface area contributed by atoms with Gasteiger partial charge in [0.1, 0.15) is 16.5 Å². The smallest absolute Gasteiger partial charge is 0.316 e. The van der Waals surface area contributed by atoms with Gasteiger partial charge in [0.05, 0.1) is 6.54 Å². The molecular formula is C8H19NO2Si2. The minimum Gasteiger partial charge on any atom is -0.480 e. The molecule has 0 aromatic heterocycles. The lowest BCUT2D eigenvalue weighted by molar-refractivity contribution is -0.136. The summed E-state index contributed by atoms with van der Waals surface area (Å²) in [4.78, 5) is 10.7. The fourth-order valence-electron chi connectivity index (χ4n) is 2.26. The Balaban J connectivity index is 2.81. The summed E-state index contributed by atoms with van der Waals surface area (Å²) < 4.78 is 2.36. The summed E-state index contributed by atoms with van der Waals surface area (Å²) >= 11 is 0. The van der Waals surface area contributed by atoms with Crippen molar-refractivity contribution in [3.8, 4) is 0 Å². The Bertz CT molecular complexity index is 212. The van der Waals surface area contributed by atoms with Crippen molar-refractivity contribution in [2.75, 3.05) is 6.54 Å². The Hall–Kier alpha value is -0.136. The summed E-state index contributed by atoms with van der Waals surface area (Å²) in [6.45, 7) is 9.43. The molecule has 3 nitrogen and oxygen atoms in total. The summed E-state index contributed by atoms with van der Waals surface area (Å²) in [6, 6.07) is 2.55. The van der Waals surface area contributed by atoms with Gasteiger partial charge in [-0.1, -0.05) is 26.2 Å². The fourth-order valence-corrected chi connectivity index (χ4v) is 16.1. The highest BCUT2D eigenvalue weighted by Gasteiger charge is 2.47. The van der Waals surface area contributed by atoms with E-state index in [2.05, 4.69) is 30.4 Å². The molecule has 1 aliphatic rings. The molecule has 0 unspecified atom stereocenters. The van der Waals surface area contributed by atoms with E-state index < -0.39 is 22.4 Å². The lowest BCUT2D eigenvalue weighted by atomic mass is 10.7. The second-order valence-corrected chi connectivity index (χ2v) is 14.9. The second-order valence-electron chi connectivity index (χ2n) is 5.10. The highest BCUT2D eigenvalue weighted by atomic mass is 28.4. The Morgan fingerprint density at radius 2 is 1.62 bits per heavy atom. The van der Waals surface area contributed by atoms with Gasteiger partial charge in [-0.15, -0.1) is 0 Å². The van der Waals surface area contributed by atoms with Crippen molar-refractivity contribution >= 4 is 22.4 Å². The van der Waals surface area contributed by atoms with E-state index in [-0.39, 0.29) is 6.54 Å². The number of hydrogen-bond acceptors (Lipinski definition) is 2. The topological polar surface area (TPSA) is 40.5 Å². The minimum absolute atomic E-state index is 0.276. The van der Waals surface area contributed by atoms with Crippen LogP contribution in [0.15, 0.2) is 0 Å². The Morgan fingerprint density at radius 3 is 1.92 bits per heavy atom. The van der Waals surface area contributed by atoms with Crippen LogP contribution in [0.3, 0.4) is 0 Å². The van der Waals surface area contributed by atoms with Crippen LogP contribution < -0.4 is 0 Å². The third kappa shape index (κ3) is 2.21. The number of carbonyl (C=O) groups is 1. The summed E-state index contributed by atoms with van der Waals surface area (Å²) in [6.07, 6.45) is 0. The molecule has 1 saturated heterocycles. The Labute approximate surface area is 81.9 Å². The monoisotopic (exact) mass is 217 g/mol. The number of rotatable bonds is 2. The van der Waals surface area contributed by atoms with E-state index in [1.165, 1.54) is 12.1 Å². The van der Waals surface area contributed by atoms with Crippen LogP contribution in [-0.2, 0) is 4.79 Å². The van der Waals surface area contributed by atoms with Crippen LogP contribution in [0.1, 0.15) is 0 Å². The van der Waals surface area contributed by atoms with Gasteiger partial charge >= 0.3 is 5.97 Å². The quantitative estimate of drug-likeness (QED) is 0.717. The third-order valence-electron chi connectivity index (χ3n) is 3.10. The number of hydrogen-bond donors (Lipinski definition) is 1. The number of carboxylic acid groups (broad SMARTS) is 1. The van der Waals surface area contributed by atoms with Crippen molar-refractivity contribution < 1.29 is 9.90 Å². The highest BCUT2D eigenvalue weighted by molar-refractivity contribution is 6.95. The molecule has 0 spiro atoms. The standard InChI is InChI=1S/C8H19NO2Si2/c1-12(2)5-6-13(3,4)9(12)7-8(10)11/h5-7H2,1-4H3,(H,10,11). The van der Waals surface area contributed by atoms with Crippen LogP contribution in [0.25, 0.3) is 0 Å². The number of aliphatic carboxylic acids is 1. The van der Waals surface area contributed by atoms with Gasteiger partial charge < -0.3 is 9.34 Å². The molecular weight excluding hydrogens is 198 g/mol. The van der Waals surface area contributed by atoms with Crippen LogP contribution >= 0.6 is 0 Å². The van der Waals surface area contributed by atoms with Crippen LogP contribution in [0.4, 0.5) is 0 Å². The molecule has 1 aliphatic heterocycles. The first-order chi connectivity index (χ1) is 5.76. The molecule has 13 heavy (non-hydrogen) atoms. The first-order valence-electron chi connectivity index (χ1n) is 4.75. The van der Waals surface area contributed by atoms with Crippen LogP contribution in [-0.4, -0.2) is 38.3 Å². The van der Waals surface area contributed by atoms with E-state index in [9.17, 15) is 4.79 Å². The van der Waals surface area contributed by atoms with E-state index >= 15 is 0 Å². The molecule has 1 rings (SSSR count). The Morgan fingerprint density at radius 1 is 1.23 bits per heavy atom. The van der Waals surface area contributed by atoms with Gasteiger partial charge in [0, 0.05) is 0 Å². The first kappa shape index (κ1) is 10.9. The van der Waals surface area contributed by atoms with Crippen molar-refractivity contribution in [3.63, 3.8) is 0 Å². The zero-order chi connectivity index (χ0) is 10.3. The second kappa shape index (κ2) is 3.22. The largest absolute Gasteiger partial charge is 0.480 e. The van der Waals surface area contributed by atoms with Gasteiger partial charge in [0.2, 0.25) is 0 Å². The van der Waals surface area contributed by atoms with Crippen LogP contribution in [0.5, 0.6) is 0 Å². The van der Waals surface area contributed by atoms with Crippen molar-refractivity contribution in [1.29, 1.82) is 0 Å².